The van der Waals surface area contributed by atoms with E-state index in [4.69, 9.17) is 16.3 Å². The molecular weight excluding hydrogens is 525 g/mol. The Morgan fingerprint density at radius 2 is 2.13 bits per heavy atom. The normalized spacial score (nSPS) is 20.0. The molecule has 1 saturated heterocycles. The lowest BCUT2D eigenvalue weighted by Gasteiger charge is -2.32. The first-order chi connectivity index (χ1) is 14.6. The van der Waals surface area contributed by atoms with Gasteiger partial charge in [-0.3, -0.25) is 4.99 Å². The van der Waals surface area contributed by atoms with Gasteiger partial charge in [-0.05, 0) is 49.1 Å². The number of aliphatic imine (C=N–C) groups is 1. The van der Waals surface area contributed by atoms with E-state index in [9.17, 15) is 0 Å². The van der Waals surface area contributed by atoms with Crippen LogP contribution in [-0.4, -0.2) is 50.3 Å². The Morgan fingerprint density at radius 1 is 1.29 bits per heavy atom. The fraction of sp³-hybridized carbons (Fsp3) is 0.478. The molecular formula is C23H31ClIN5O. The van der Waals surface area contributed by atoms with Gasteiger partial charge in [-0.25, -0.2) is 4.98 Å². The number of hydrogen-bond donors (Lipinski definition) is 2. The van der Waals surface area contributed by atoms with Crippen LogP contribution in [0.2, 0.25) is 5.02 Å². The lowest BCUT2D eigenvalue weighted by atomic mass is 9.96. The Hall–Kier alpha value is -1.58. The first kappa shape index (κ1) is 24.1. The molecule has 1 atom stereocenters. The van der Waals surface area contributed by atoms with Gasteiger partial charge in [0.1, 0.15) is 5.82 Å². The van der Waals surface area contributed by atoms with Crippen LogP contribution in [0.5, 0.6) is 0 Å². The number of benzene rings is 1. The minimum absolute atomic E-state index is 0. The van der Waals surface area contributed by atoms with Gasteiger partial charge in [-0.2, -0.15) is 0 Å². The maximum absolute atomic E-state index is 6.18. The van der Waals surface area contributed by atoms with Crippen LogP contribution in [-0.2, 0) is 16.7 Å². The van der Waals surface area contributed by atoms with Crippen LogP contribution in [0.25, 0.3) is 0 Å². The monoisotopic (exact) mass is 555 g/mol. The predicted octanol–water partition coefficient (Wildman–Crippen LogP) is 3.97. The number of halogens is 2. The van der Waals surface area contributed by atoms with E-state index in [1.807, 2.05) is 18.3 Å². The van der Waals surface area contributed by atoms with Crippen molar-refractivity contribution in [2.45, 2.75) is 37.8 Å². The van der Waals surface area contributed by atoms with Crippen molar-refractivity contribution in [1.29, 1.82) is 0 Å². The minimum Gasteiger partial charge on any atom is -0.375 e. The molecule has 1 unspecified atom stereocenters. The third kappa shape index (κ3) is 6.23. The van der Waals surface area contributed by atoms with E-state index >= 15 is 0 Å². The second-order valence-electron chi connectivity index (χ2n) is 8.22. The molecule has 2 heterocycles. The fourth-order valence-corrected chi connectivity index (χ4v) is 4.12. The summed E-state index contributed by atoms with van der Waals surface area (Å²) < 4.78 is 5.61. The summed E-state index contributed by atoms with van der Waals surface area (Å²) in [6.07, 6.45) is 4.52. The number of hydrogen-bond acceptors (Lipinski definition) is 4. The number of nitrogens with one attached hydrogen (secondary N) is 2. The summed E-state index contributed by atoms with van der Waals surface area (Å²) in [4.78, 5) is 11.3. The number of guanidine groups is 1. The zero-order chi connectivity index (χ0) is 21.0. The number of nitrogens with zero attached hydrogens (tertiary/aromatic N) is 3. The Bertz CT molecular complexity index is 888. The quantitative estimate of drug-likeness (QED) is 0.321. The van der Waals surface area contributed by atoms with Crippen LogP contribution >= 0.6 is 35.6 Å². The van der Waals surface area contributed by atoms with Crippen LogP contribution in [0, 0.1) is 0 Å². The molecule has 168 valence electrons. The third-order valence-electron chi connectivity index (χ3n) is 5.94. The standard InChI is InChI=1S/C23H30ClN5O.HI/c1-17-15-29(10-11-30-17)21-7-6-18(13-26-21)14-27-22(25-2)28-16-23(8-9-23)19-4-3-5-20(24)12-19;/h3-7,12-13,17H,8-11,14-16H2,1-2H3,(H2,25,27,28);1H. The van der Waals surface area contributed by atoms with E-state index in [1.54, 1.807) is 7.05 Å². The van der Waals surface area contributed by atoms with Gasteiger partial charge in [0.2, 0.25) is 0 Å². The minimum atomic E-state index is 0. The molecule has 2 fully saturated rings. The second kappa shape index (κ2) is 10.8. The highest BCUT2D eigenvalue weighted by molar-refractivity contribution is 14.0. The van der Waals surface area contributed by atoms with Crippen molar-refractivity contribution in [3.63, 3.8) is 0 Å². The molecule has 1 aliphatic carbocycles. The number of rotatable bonds is 6. The van der Waals surface area contributed by atoms with E-state index in [0.29, 0.717) is 6.54 Å². The van der Waals surface area contributed by atoms with Gasteiger partial charge in [-0.1, -0.05) is 29.8 Å². The average molecular weight is 556 g/mol. The molecule has 2 aliphatic rings. The molecule has 4 rings (SSSR count). The molecule has 31 heavy (non-hydrogen) atoms. The number of pyridine rings is 1. The van der Waals surface area contributed by atoms with Gasteiger partial charge in [0, 0.05) is 49.9 Å². The summed E-state index contributed by atoms with van der Waals surface area (Å²) in [6, 6.07) is 12.4. The molecule has 0 spiro atoms. The van der Waals surface area contributed by atoms with E-state index in [-0.39, 0.29) is 35.5 Å². The smallest absolute Gasteiger partial charge is 0.191 e. The molecule has 1 saturated carbocycles. The van der Waals surface area contributed by atoms with Crippen molar-refractivity contribution >= 4 is 47.4 Å². The van der Waals surface area contributed by atoms with Crippen molar-refractivity contribution in [1.82, 2.24) is 15.6 Å². The van der Waals surface area contributed by atoms with Gasteiger partial charge >= 0.3 is 0 Å². The summed E-state index contributed by atoms with van der Waals surface area (Å²) in [6.45, 7) is 6.15. The molecule has 0 radical (unpaired) electrons. The van der Waals surface area contributed by atoms with Crippen molar-refractivity contribution in [3.05, 3.63) is 58.7 Å². The Morgan fingerprint density at radius 3 is 2.77 bits per heavy atom. The lowest BCUT2D eigenvalue weighted by molar-refractivity contribution is 0.0529. The zero-order valence-electron chi connectivity index (χ0n) is 18.1. The van der Waals surface area contributed by atoms with Crippen molar-refractivity contribution in [2.75, 3.05) is 38.2 Å². The predicted molar refractivity (Wildman–Crippen MR) is 138 cm³/mol. The zero-order valence-corrected chi connectivity index (χ0v) is 21.2. The van der Waals surface area contributed by atoms with Crippen LogP contribution in [0.15, 0.2) is 47.6 Å². The second-order valence-corrected chi connectivity index (χ2v) is 8.66. The van der Waals surface area contributed by atoms with Crippen molar-refractivity contribution < 1.29 is 4.74 Å². The third-order valence-corrected chi connectivity index (χ3v) is 6.18. The maximum atomic E-state index is 6.18. The molecule has 1 aromatic heterocycles. The SMILES string of the molecule is CN=C(NCc1ccc(N2CCOC(C)C2)nc1)NCC1(c2cccc(Cl)c2)CC1.I. The summed E-state index contributed by atoms with van der Waals surface area (Å²) in [5, 5.41) is 7.67. The summed E-state index contributed by atoms with van der Waals surface area (Å²) in [5.74, 6) is 1.81. The molecule has 0 bridgehead atoms. The van der Waals surface area contributed by atoms with Gasteiger partial charge in [0.05, 0.1) is 12.7 Å². The first-order valence-electron chi connectivity index (χ1n) is 10.6. The molecule has 2 N–H and O–H groups in total. The Balaban J connectivity index is 0.00000272. The van der Waals surface area contributed by atoms with E-state index < -0.39 is 0 Å². The number of anilines is 1. The van der Waals surface area contributed by atoms with Crippen molar-refractivity contribution in [2.24, 2.45) is 4.99 Å². The summed E-state index contributed by atoms with van der Waals surface area (Å²) in [7, 11) is 1.80. The number of aromatic nitrogens is 1. The maximum Gasteiger partial charge on any atom is 0.191 e. The topological polar surface area (TPSA) is 61.8 Å². The van der Waals surface area contributed by atoms with Gasteiger partial charge in [0.25, 0.3) is 0 Å². The number of morpholine rings is 1. The summed E-state index contributed by atoms with van der Waals surface area (Å²) in [5.41, 5.74) is 2.59. The number of ether oxygens (including phenoxy) is 1. The van der Waals surface area contributed by atoms with Gasteiger partial charge < -0.3 is 20.3 Å². The van der Waals surface area contributed by atoms with E-state index in [1.165, 1.54) is 18.4 Å². The van der Waals surface area contributed by atoms with E-state index in [2.05, 4.69) is 56.7 Å². The van der Waals surface area contributed by atoms with Crippen LogP contribution < -0.4 is 15.5 Å². The highest BCUT2D eigenvalue weighted by Crippen LogP contribution is 2.48. The largest absolute Gasteiger partial charge is 0.375 e. The lowest BCUT2D eigenvalue weighted by Crippen LogP contribution is -2.41. The van der Waals surface area contributed by atoms with E-state index in [0.717, 1.165) is 48.6 Å². The molecule has 0 amide bonds. The Labute approximate surface area is 206 Å². The van der Waals surface area contributed by atoms with Crippen molar-refractivity contribution in [3.8, 4) is 0 Å². The highest BCUT2D eigenvalue weighted by atomic mass is 127. The first-order valence-corrected chi connectivity index (χ1v) is 11.0. The molecule has 1 aliphatic heterocycles. The molecule has 2 aromatic rings. The van der Waals surface area contributed by atoms with Gasteiger partial charge in [0.15, 0.2) is 5.96 Å². The highest BCUT2D eigenvalue weighted by Gasteiger charge is 2.44. The molecule has 8 heteroatoms. The molecule has 6 nitrogen and oxygen atoms in total. The fourth-order valence-electron chi connectivity index (χ4n) is 3.93. The summed E-state index contributed by atoms with van der Waals surface area (Å²) >= 11 is 6.18. The van der Waals surface area contributed by atoms with Crippen LogP contribution in [0.4, 0.5) is 5.82 Å². The van der Waals surface area contributed by atoms with Crippen LogP contribution in [0.3, 0.4) is 0 Å². The molecule has 1 aromatic carbocycles. The van der Waals surface area contributed by atoms with Gasteiger partial charge in [-0.15, -0.1) is 24.0 Å². The average Bonchev–Trinajstić information content (AvgIpc) is 3.55. The van der Waals surface area contributed by atoms with Crippen LogP contribution in [0.1, 0.15) is 30.9 Å². The Kier molecular flexibility index (Phi) is 8.41.